The van der Waals surface area contributed by atoms with Gasteiger partial charge in [0, 0.05) is 61.4 Å². The molecule has 1 N–H and O–H groups in total. The number of piperidine rings is 1. The fourth-order valence-electron chi connectivity index (χ4n) is 6.76. The molecule has 51 heavy (non-hydrogen) atoms. The highest BCUT2D eigenvalue weighted by molar-refractivity contribution is 5.94. The van der Waals surface area contributed by atoms with Gasteiger partial charge in [-0.1, -0.05) is 6.07 Å². The van der Waals surface area contributed by atoms with Crippen LogP contribution in [-0.4, -0.2) is 114 Å². The number of nitriles is 1. The molecule has 3 aliphatic rings. The van der Waals surface area contributed by atoms with E-state index in [1.807, 2.05) is 12.1 Å². The van der Waals surface area contributed by atoms with Crippen molar-refractivity contribution >= 4 is 22.8 Å². The molecule has 2 aromatic carbocycles. The zero-order valence-electron chi connectivity index (χ0n) is 29.1. The lowest BCUT2D eigenvalue weighted by molar-refractivity contribution is -0.137. The second-order valence-corrected chi connectivity index (χ2v) is 14.1. The number of piperazine rings is 1. The van der Waals surface area contributed by atoms with Gasteiger partial charge in [0.15, 0.2) is 6.10 Å². The average Bonchev–Trinajstić information content (AvgIpc) is 3.52. The second-order valence-electron chi connectivity index (χ2n) is 14.1. The molecule has 3 aliphatic heterocycles. The quantitative estimate of drug-likeness (QED) is 0.256. The van der Waals surface area contributed by atoms with Crippen LogP contribution in [0.2, 0.25) is 0 Å². The van der Waals surface area contributed by atoms with Gasteiger partial charge in [-0.25, -0.2) is 23.5 Å². The van der Waals surface area contributed by atoms with Crippen LogP contribution in [0.15, 0.2) is 48.8 Å². The first-order chi connectivity index (χ1) is 24.4. The number of rotatable bonds is 7. The molecule has 0 aliphatic carbocycles. The number of alkyl halides is 2. The first-order valence-electron chi connectivity index (χ1n) is 17.1. The molecule has 12 nitrogen and oxygen atoms in total. The summed E-state index contributed by atoms with van der Waals surface area (Å²) in [6.07, 6.45) is -1.02. The lowest BCUT2D eigenvalue weighted by atomic mass is 10.0. The van der Waals surface area contributed by atoms with Crippen molar-refractivity contribution < 1.29 is 32.5 Å². The molecule has 7 rings (SSSR count). The number of nitrogens with zero attached hydrogens (tertiary/aromatic N) is 6. The number of ether oxygens (including phenoxy) is 4. The van der Waals surface area contributed by atoms with Gasteiger partial charge < -0.3 is 33.7 Å². The van der Waals surface area contributed by atoms with Gasteiger partial charge in [0.2, 0.25) is 0 Å². The van der Waals surface area contributed by atoms with Gasteiger partial charge >= 0.3 is 12.0 Å². The highest BCUT2D eigenvalue weighted by atomic mass is 19.3. The summed E-state index contributed by atoms with van der Waals surface area (Å²) in [7, 11) is 1.67. The van der Waals surface area contributed by atoms with Crippen LogP contribution in [0.1, 0.15) is 32.8 Å². The van der Waals surface area contributed by atoms with E-state index in [2.05, 4.69) is 43.0 Å². The maximum atomic E-state index is 15.2. The van der Waals surface area contributed by atoms with Crippen molar-refractivity contribution in [3.63, 3.8) is 0 Å². The van der Waals surface area contributed by atoms with Crippen molar-refractivity contribution in [2.24, 2.45) is 0 Å². The van der Waals surface area contributed by atoms with E-state index in [0.29, 0.717) is 22.9 Å². The Labute approximate surface area is 294 Å². The molecule has 0 saturated carbocycles. The molecule has 0 bridgehead atoms. The predicted molar refractivity (Wildman–Crippen MR) is 186 cm³/mol. The minimum absolute atomic E-state index is 0.0300. The number of carbonyl (C=O) groups is 1. The Bertz CT molecular complexity index is 1960. The summed E-state index contributed by atoms with van der Waals surface area (Å²) < 4.78 is 52.7. The van der Waals surface area contributed by atoms with E-state index >= 15 is 8.78 Å². The maximum absolute atomic E-state index is 15.2. The summed E-state index contributed by atoms with van der Waals surface area (Å²) >= 11 is 0. The predicted octanol–water partition coefficient (Wildman–Crippen LogP) is 5.72. The van der Waals surface area contributed by atoms with Crippen molar-refractivity contribution in [2.75, 3.05) is 64.5 Å². The number of halogens is 2. The summed E-state index contributed by atoms with van der Waals surface area (Å²) in [6.45, 7) is 9.62. The molecule has 1 unspecified atom stereocenters. The van der Waals surface area contributed by atoms with Gasteiger partial charge in [-0.2, -0.15) is 5.26 Å². The number of aromatic amines is 1. The highest BCUT2D eigenvalue weighted by Crippen LogP contribution is 2.38. The highest BCUT2D eigenvalue weighted by Gasteiger charge is 2.48. The van der Waals surface area contributed by atoms with E-state index in [0.717, 1.165) is 72.4 Å². The Kier molecular flexibility index (Phi) is 9.19. The van der Waals surface area contributed by atoms with Crippen LogP contribution < -0.4 is 14.4 Å². The Morgan fingerprint density at radius 2 is 1.78 bits per heavy atom. The van der Waals surface area contributed by atoms with Gasteiger partial charge in [-0.3, -0.25) is 4.90 Å². The molecule has 1 atom stereocenters. The molecule has 268 valence electrons. The lowest BCUT2D eigenvalue weighted by Gasteiger charge is -2.43. The summed E-state index contributed by atoms with van der Waals surface area (Å²) in [4.78, 5) is 30.6. The minimum Gasteiger partial charge on any atom is -0.495 e. The minimum atomic E-state index is -3.36. The van der Waals surface area contributed by atoms with Crippen LogP contribution in [0.25, 0.3) is 33.5 Å². The monoisotopic (exact) mass is 701 g/mol. The molecule has 0 radical (unpaired) electrons. The molecular weight excluding hydrogens is 660 g/mol. The summed E-state index contributed by atoms with van der Waals surface area (Å²) in [6, 6.07) is 15.5. The van der Waals surface area contributed by atoms with Crippen molar-refractivity contribution in [1.29, 1.82) is 5.26 Å². The Hall–Kier alpha value is -5.00. The molecule has 14 heteroatoms. The molecule has 2 aromatic heterocycles. The average molecular weight is 702 g/mol. The van der Waals surface area contributed by atoms with Gasteiger partial charge in [0.05, 0.1) is 49.9 Å². The van der Waals surface area contributed by atoms with Gasteiger partial charge in [-0.15, -0.1) is 0 Å². The topological polar surface area (TPSA) is 129 Å². The normalized spacial score (nSPS) is 19.7. The summed E-state index contributed by atoms with van der Waals surface area (Å²) in [5, 5.41) is 10.7. The standard InChI is InChI=1S/C37H41F2N7O5/c1-36(2,3)51-35(47)46-10-9-32(37(38,39)21-46)50-30-8-6-24(15-25(30)18-40)33-27-17-28(43-34(27)42-22-41-33)23-5-7-29(31(16-23)48-4)45-13-11-44(12-14-45)26-19-49-20-26/h5-8,15-17,22,26,32H,9-14,19-21H2,1-4H3,(H,41,42,43). The third-order valence-corrected chi connectivity index (χ3v) is 9.54. The number of hydrogen-bond acceptors (Lipinski definition) is 10. The lowest BCUT2D eigenvalue weighted by Crippen LogP contribution is -2.56. The summed E-state index contributed by atoms with van der Waals surface area (Å²) in [5.41, 5.74) is 3.81. The number of anilines is 1. The molecule has 4 aromatic rings. The number of benzene rings is 2. The first kappa shape index (κ1) is 34.4. The van der Waals surface area contributed by atoms with Crippen LogP contribution >= 0.6 is 0 Å². The number of likely N-dealkylation sites (tertiary alicyclic amines) is 1. The number of carbonyl (C=O) groups excluding carboxylic acids is 1. The summed E-state index contributed by atoms with van der Waals surface area (Å²) in [5.74, 6) is -2.56. The Morgan fingerprint density at radius 3 is 2.45 bits per heavy atom. The number of hydrogen-bond donors (Lipinski definition) is 1. The van der Waals surface area contributed by atoms with Crippen LogP contribution in [0.5, 0.6) is 11.5 Å². The zero-order valence-corrected chi connectivity index (χ0v) is 29.1. The number of H-pyrrole nitrogens is 1. The van der Waals surface area contributed by atoms with E-state index in [1.165, 1.54) is 12.4 Å². The fraction of sp³-hybridized carbons (Fsp3) is 0.459. The van der Waals surface area contributed by atoms with E-state index in [4.69, 9.17) is 18.9 Å². The van der Waals surface area contributed by atoms with Crippen molar-refractivity contribution in [1.82, 2.24) is 24.8 Å². The molecule has 1 amide bonds. The zero-order chi connectivity index (χ0) is 35.9. The van der Waals surface area contributed by atoms with Crippen molar-refractivity contribution in [3.8, 4) is 40.1 Å². The third kappa shape index (κ3) is 7.13. The number of fused-ring (bicyclic) bond motifs is 1. The van der Waals surface area contributed by atoms with Gasteiger partial charge in [0.1, 0.15) is 35.1 Å². The van der Waals surface area contributed by atoms with E-state index in [1.54, 1.807) is 40.0 Å². The van der Waals surface area contributed by atoms with Gasteiger partial charge in [0.25, 0.3) is 0 Å². The first-order valence-corrected chi connectivity index (χ1v) is 17.1. The molecule has 3 fully saturated rings. The largest absolute Gasteiger partial charge is 0.495 e. The second kappa shape index (κ2) is 13.6. The molecule has 5 heterocycles. The van der Waals surface area contributed by atoms with Crippen molar-refractivity contribution in [3.05, 3.63) is 54.4 Å². The van der Waals surface area contributed by atoms with Crippen molar-refractivity contribution in [2.45, 2.75) is 50.9 Å². The number of aromatic nitrogens is 3. The number of methoxy groups -OCH3 is 1. The molecular formula is C37H41F2N7O5. The molecule has 0 spiro atoms. The van der Waals surface area contributed by atoms with Gasteiger partial charge in [-0.05, 0) is 57.2 Å². The third-order valence-electron chi connectivity index (χ3n) is 9.54. The van der Waals surface area contributed by atoms with E-state index < -0.39 is 30.3 Å². The van der Waals surface area contributed by atoms with Crippen LogP contribution in [0, 0.1) is 11.3 Å². The Morgan fingerprint density at radius 1 is 1.02 bits per heavy atom. The van der Waals surface area contributed by atoms with Crippen LogP contribution in [0.3, 0.4) is 0 Å². The maximum Gasteiger partial charge on any atom is 0.410 e. The smallest absolute Gasteiger partial charge is 0.410 e. The van der Waals surface area contributed by atoms with Crippen LogP contribution in [-0.2, 0) is 9.47 Å². The molecule has 3 saturated heterocycles. The fourth-order valence-corrected chi connectivity index (χ4v) is 6.76. The number of nitrogens with one attached hydrogen (secondary N) is 1. The van der Waals surface area contributed by atoms with E-state index in [-0.39, 0.29) is 24.3 Å². The Balaban J connectivity index is 1.08. The van der Waals surface area contributed by atoms with E-state index in [9.17, 15) is 10.1 Å². The SMILES string of the molecule is COc1cc(-c2cc3c(-c4ccc(OC5CCN(C(=O)OC(C)(C)C)CC5(F)F)c(C#N)c4)ncnc3[nH]2)ccc1N1CCN(C2COC2)CC1. The number of amides is 1. The van der Waals surface area contributed by atoms with Crippen LogP contribution in [0.4, 0.5) is 19.3 Å².